The lowest BCUT2D eigenvalue weighted by Crippen LogP contribution is -2.12. The second-order valence-corrected chi connectivity index (χ2v) is 6.95. The van der Waals surface area contributed by atoms with Crippen molar-refractivity contribution in [2.24, 2.45) is 7.05 Å². The van der Waals surface area contributed by atoms with E-state index in [-0.39, 0.29) is 14.9 Å². The first-order valence-corrected chi connectivity index (χ1v) is 7.87. The van der Waals surface area contributed by atoms with Gasteiger partial charge in [0.15, 0.2) is 5.03 Å². The zero-order valence-corrected chi connectivity index (χ0v) is 12.7. The second-order valence-electron chi connectivity index (χ2n) is 4.27. The molecular weight excluding hydrogens is 302 g/mol. The van der Waals surface area contributed by atoms with Crippen LogP contribution in [0.2, 0.25) is 0 Å². The maximum absolute atomic E-state index is 12.1. The Labute approximate surface area is 119 Å². The van der Waals surface area contributed by atoms with Crippen molar-refractivity contribution in [3.05, 3.63) is 28.5 Å². The Morgan fingerprint density at radius 2 is 2.10 bits per heavy atom. The standard InChI is InChI=1S/C11H13N3O4S2/c1-6-4-8(19-10(6)11(15)16)13-20(17,18)9-5-14(3)7(2)12-9/h4-5,13H,1-3H3,(H,15,16). The summed E-state index contributed by atoms with van der Waals surface area (Å²) in [6.45, 7) is 3.31. The molecule has 0 aliphatic rings. The summed E-state index contributed by atoms with van der Waals surface area (Å²) in [6, 6.07) is 1.49. The molecular formula is C11H13N3O4S2. The monoisotopic (exact) mass is 315 g/mol. The normalized spacial score (nSPS) is 11.6. The molecule has 9 heteroatoms. The van der Waals surface area contributed by atoms with Crippen molar-refractivity contribution in [3.8, 4) is 0 Å². The number of nitrogens with one attached hydrogen (secondary N) is 1. The maximum Gasteiger partial charge on any atom is 0.346 e. The van der Waals surface area contributed by atoms with E-state index < -0.39 is 16.0 Å². The number of sulfonamides is 1. The minimum atomic E-state index is -3.81. The number of anilines is 1. The third kappa shape index (κ3) is 2.68. The van der Waals surface area contributed by atoms with E-state index in [0.29, 0.717) is 11.4 Å². The van der Waals surface area contributed by atoms with Crippen LogP contribution in [0, 0.1) is 13.8 Å². The van der Waals surface area contributed by atoms with Gasteiger partial charge in [0.05, 0.1) is 0 Å². The highest BCUT2D eigenvalue weighted by atomic mass is 32.2. The molecule has 0 fully saturated rings. The Morgan fingerprint density at radius 1 is 1.45 bits per heavy atom. The van der Waals surface area contributed by atoms with Gasteiger partial charge in [0.1, 0.15) is 15.7 Å². The van der Waals surface area contributed by atoms with Gasteiger partial charge >= 0.3 is 5.97 Å². The Kier molecular flexibility index (Phi) is 3.57. The minimum Gasteiger partial charge on any atom is -0.477 e. The molecule has 20 heavy (non-hydrogen) atoms. The minimum absolute atomic E-state index is 0.0968. The Morgan fingerprint density at radius 3 is 2.55 bits per heavy atom. The van der Waals surface area contributed by atoms with Gasteiger partial charge in [-0.3, -0.25) is 4.72 Å². The molecule has 0 bridgehead atoms. The number of rotatable bonds is 4. The number of nitrogens with zero attached hydrogens (tertiary/aromatic N) is 2. The van der Waals surface area contributed by atoms with Crippen LogP contribution in [0.3, 0.4) is 0 Å². The summed E-state index contributed by atoms with van der Waals surface area (Å²) in [5.41, 5.74) is 0.511. The first-order chi connectivity index (χ1) is 9.20. The third-order valence-electron chi connectivity index (χ3n) is 2.71. The lowest BCUT2D eigenvalue weighted by Gasteiger charge is -2.01. The number of thiophene rings is 1. The largest absolute Gasteiger partial charge is 0.477 e. The summed E-state index contributed by atoms with van der Waals surface area (Å²) in [5.74, 6) is -0.509. The van der Waals surface area contributed by atoms with E-state index in [1.165, 1.54) is 12.3 Å². The van der Waals surface area contributed by atoms with Crippen LogP contribution >= 0.6 is 11.3 Å². The van der Waals surface area contributed by atoms with Crippen molar-refractivity contribution >= 4 is 32.3 Å². The molecule has 0 atom stereocenters. The Hall–Kier alpha value is -1.87. The molecule has 108 valence electrons. The predicted molar refractivity (Wildman–Crippen MR) is 74.8 cm³/mol. The fourth-order valence-corrected chi connectivity index (χ4v) is 3.82. The van der Waals surface area contributed by atoms with Crippen molar-refractivity contribution in [1.82, 2.24) is 9.55 Å². The smallest absolute Gasteiger partial charge is 0.346 e. The number of carbonyl (C=O) groups is 1. The summed E-state index contributed by atoms with van der Waals surface area (Å²) in [7, 11) is -2.11. The molecule has 0 amide bonds. The Bertz CT molecular complexity index is 754. The quantitative estimate of drug-likeness (QED) is 0.892. The van der Waals surface area contributed by atoms with Crippen molar-refractivity contribution in [2.75, 3.05) is 4.72 Å². The summed E-state index contributed by atoms with van der Waals surface area (Å²) in [4.78, 5) is 15.0. The van der Waals surface area contributed by atoms with Crippen LogP contribution in [0.1, 0.15) is 21.1 Å². The van der Waals surface area contributed by atoms with E-state index >= 15 is 0 Å². The van der Waals surface area contributed by atoms with Gasteiger partial charge < -0.3 is 9.67 Å². The van der Waals surface area contributed by atoms with Crippen LogP contribution in [-0.4, -0.2) is 29.0 Å². The molecule has 0 aliphatic heterocycles. The maximum atomic E-state index is 12.1. The molecule has 2 aromatic heterocycles. The number of hydrogen-bond acceptors (Lipinski definition) is 5. The lowest BCUT2D eigenvalue weighted by molar-refractivity contribution is 0.0701. The summed E-state index contributed by atoms with van der Waals surface area (Å²) >= 11 is 0.876. The fraction of sp³-hybridized carbons (Fsp3) is 0.273. The van der Waals surface area contributed by atoms with Gasteiger partial charge in [-0.25, -0.2) is 9.78 Å². The molecule has 7 nitrogen and oxygen atoms in total. The number of hydrogen-bond donors (Lipinski definition) is 2. The van der Waals surface area contributed by atoms with Crippen LogP contribution in [0.4, 0.5) is 5.00 Å². The molecule has 2 rings (SSSR count). The number of carboxylic acid groups (broad SMARTS) is 1. The molecule has 2 heterocycles. The van der Waals surface area contributed by atoms with Crippen LogP contribution < -0.4 is 4.72 Å². The molecule has 0 aromatic carbocycles. The van der Waals surface area contributed by atoms with E-state index in [9.17, 15) is 13.2 Å². The predicted octanol–water partition coefficient (Wildman–Crippen LogP) is 1.60. The molecule has 0 spiro atoms. The first-order valence-electron chi connectivity index (χ1n) is 5.57. The first kappa shape index (κ1) is 14.5. The van der Waals surface area contributed by atoms with Gasteiger partial charge in [-0.05, 0) is 25.5 Å². The van der Waals surface area contributed by atoms with E-state index in [0.717, 1.165) is 11.3 Å². The fourth-order valence-electron chi connectivity index (χ4n) is 1.59. The van der Waals surface area contributed by atoms with Crippen molar-refractivity contribution in [1.29, 1.82) is 0 Å². The molecule has 0 saturated carbocycles. The van der Waals surface area contributed by atoms with Gasteiger partial charge in [-0.1, -0.05) is 0 Å². The highest BCUT2D eigenvalue weighted by Gasteiger charge is 2.21. The number of aromatic carboxylic acids is 1. The lowest BCUT2D eigenvalue weighted by atomic mass is 10.3. The van der Waals surface area contributed by atoms with Crippen LogP contribution in [0.15, 0.2) is 17.3 Å². The van der Waals surface area contributed by atoms with Gasteiger partial charge in [0, 0.05) is 13.2 Å². The van der Waals surface area contributed by atoms with E-state index in [1.54, 1.807) is 25.5 Å². The average Bonchev–Trinajstić information content (AvgIpc) is 2.83. The van der Waals surface area contributed by atoms with Crippen LogP contribution in [0.5, 0.6) is 0 Å². The van der Waals surface area contributed by atoms with E-state index in [1.807, 2.05) is 0 Å². The van der Waals surface area contributed by atoms with Crippen LogP contribution in [0.25, 0.3) is 0 Å². The molecule has 0 aliphatic carbocycles. The highest BCUT2D eigenvalue weighted by Crippen LogP contribution is 2.28. The topological polar surface area (TPSA) is 101 Å². The zero-order valence-electron chi connectivity index (χ0n) is 11.0. The van der Waals surface area contributed by atoms with Crippen molar-refractivity contribution < 1.29 is 18.3 Å². The highest BCUT2D eigenvalue weighted by molar-refractivity contribution is 7.92. The van der Waals surface area contributed by atoms with Gasteiger partial charge in [-0.15, -0.1) is 11.3 Å². The Balaban J connectivity index is 2.33. The summed E-state index contributed by atoms with van der Waals surface area (Å²) < 4.78 is 28.2. The number of imidazole rings is 1. The second kappa shape index (κ2) is 4.91. The number of carboxylic acids is 1. The number of aryl methyl sites for hydroxylation is 3. The van der Waals surface area contributed by atoms with E-state index in [4.69, 9.17) is 5.11 Å². The zero-order chi connectivity index (χ0) is 15.1. The molecule has 0 saturated heterocycles. The average molecular weight is 315 g/mol. The number of aromatic nitrogens is 2. The van der Waals surface area contributed by atoms with Gasteiger partial charge in [0.25, 0.3) is 10.0 Å². The summed E-state index contributed by atoms with van der Waals surface area (Å²) in [6.07, 6.45) is 1.40. The molecule has 2 N–H and O–H groups in total. The van der Waals surface area contributed by atoms with Gasteiger partial charge in [0.2, 0.25) is 0 Å². The summed E-state index contributed by atoms with van der Waals surface area (Å²) in [5, 5.41) is 9.11. The molecule has 0 radical (unpaired) electrons. The van der Waals surface area contributed by atoms with Gasteiger partial charge in [-0.2, -0.15) is 8.42 Å². The third-order valence-corrected chi connectivity index (χ3v) is 5.21. The molecule has 0 unspecified atom stereocenters. The SMILES string of the molecule is Cc1cc(NS(=O)(=O)c2cn(C)c(C)n2)sc1C(=O)O. The van der Waals surface area contributed by atoms with Crippen LogP contribution in [-0.2, 0) is 17.1 Å². The molecule has 2 aromatic rings. The van der Waals surface area contributed by atoms with Crippen molar-refractivity contribution in [3.63, 3.8) is 0 Å². The van der Waals surface area contributed by atoms with E-state index in [2.05, 4.69) is 9.71 Å². The van der Waals surface area contributed by atoms with Crippen molar-refractivity contribution in [2.45, 2.75) is 18.9 Å².